The number of aromatic nitrogens is 2. The molecule has 7 nitrogen and oxygen atoms in total. The standard InChI is InChI=1S/C22H25N3O4/c1-12-19(9-8-17-16-6-5-7-18(16)22(27)29-20(12)17)28-14(3)21(26)23-10-15-11-25(4)24-13(15)2/h8-9,11,14H,5-7,10H2,1-4H3,(H,23,26). The first-order chi connectivity index (χ1) is 13.8. The Morgan fingerprint density at radius 1 is 1.31 bits per heavy atom. The van der Waals surface area contributed by atoms with E-state index in [1.54, 1.807) is 11.6 Å². The molecule has 1 aromatic carbocycles. The van der Waals surface area contributed by atoms with Crippen LogP contribution in [0.3, 0.4) is 0 Å². The number of aryl methyl sites for hydroxylation is 4. The van der Waals surface area contributed by atoms with Crippen LogP contribution in [-0.4, -0.2) is 21.8 Å². The van der Waals surface area contributed by atoms with Gasteiger partial charge in [0.1, 0.15) is 11.3 Å². The van der Waals surface area contributed by atoms with Crippen LogP contribution in [0.5, 0.6) is 5.75 Å². The molecule has 0 spiro atoms. The van der Waals surface area contributed by atoms with Gasteiger partial charge in [-0.15, -0.1) is 0 Å². The van der Waals surface area contributed by atoms with Crippen LogP contribution in [0.25, 0.3) is 11.0 Å². The van der Waals surface area contributed by atoms with Crippen LogP contribution >= 0.6 is 0 Å². The Bertz CT molecular complexity index is 1160. The second-order valence-corrected chi connectivity index (χ2v) is 7.66. The molecule has 0 aliphatic heterocycles. The summed E-state index contributed by atoms with van der Waals surface area (Å²) in [6.45, 7) is 5.85. The van der Waals surface area contributed by atoms with Crippen molar-refractivity contribution in [3.05, 3.63) is 56.7 Å². The number of fused-ring (bicyclic) bond motifs is 3. The minimum Gasteiger partial charge on any atom is -0.480 e. The number of nitrogens with one attached hydrogen (secondary N) is 1. The van der Waals surface area contributed by atoms with E-state index in [2.05, 4.69) is 10.4 Å². The predicted octanol–water partition coefficient (Wildman–Crippen LogP) is 2.72. The Balaban J connectivity index is 1.52. The topological polar surface area (TPSA) is 86.4 Å². The zero-order chi connectivity index (χ0) is 20.7. The van der Waals surface area contributed by atoms with Crippen molar-refractivity contribution in [2.24, 2.45) is 7.05 Å². The molecule has 1 aliphatic carbocycles. The van der Waals surface area contributed by atoms with Gasteiger partial charge in [0, 0.05) is 41.9 Å². The van der Waals surface area contributed by atoms with Gasteiger partial charge in [0.2, 0.25) is 0 Å². The molecule has 2 heterocycles. The van der Waals surface area contributed by atoms with Crippen LogP contribution in [0, 0.1) is 13.8 Å². The summed E-state index contributed by atoms with van der Waals surface area (Å²) >= 11 is 0. The average Bonchev–Trinajstić information content (AvgIpc) is 3.29. The molecule has 0 fully saturated rings. The fourth-order valence-corrected chi connectivity index (χ4v) is 3.98. The maximum atomic E-state index is 12.5. The molecule has 152 valence electrons. The van der Waals surface area contributed by atoms with E-state index in [9.17, 15) is 9.59 Å². The van der Waals surface area contributed by atoms with E-state index in [1.165, 1.54) is 0 Å². The van der Waals surface area contributed by atoms with E-state index < -0.39 is 6.10 Å². The van der Waals surface area contributed by atoms with Crippen molar-refractivity contribution < 1.29 is 13.9 Å². The van der Waals surface area contributed by atoms with E-state index in [4.69, 9.17) is 9.15 Å². The second-order valence-electron chi connectivity index (χ2n) is 7.66. The SMILES string of the molecule is Cc1nn(C)cc1CNC(=O)C(C)Oc1ccc2c3c(c(=O)oc2c1C)CCC3. The number of carbonyl (C=O) groups is 1. The van der Waals surface area contributed by atoms with E-state index in [1.807, 2.05) is 39.2 Å². The summed E-state index contributed by atoms with van der Waals surface area (Å²) in [7, 11) is 1.85. The van der Waals surface area contributed by atoms with Gasteiger partial charge >= 0.3 is 5.63 Å². The number of rotatable bonds is 5. The third-order valence-corrected chi connectivity index (χ3v) is 5.58. The highest BCUT2D eigenvalue weighted by atomic mass is 16.5. The van der Waals surface area contributed by atoms with Gasteiger partial charge in [0.15, 0.2) is 6.10 Å². The van der Waals surface area contributed by atoms with Crippen molar-refractivity contribution in [3.8, 4) is 5.75 Å². The molecule has 2 aromatic heterocycles. The molecule has 0 bridgehead atoms. The smallest absolute Gasteiger partial charge is 0.339 e. The van der Waals surface area contributed by atoms with Crippen LogP contribution in [0.15, 0.2) is 27.5 Å². The number of hydrogen-bond donors (Lipinski definition) is 1. The van der Waals surface area contributed by atoms with Gasteiger partial charge in [-0.3, -0.25) is 9.48 Å². The predicted molar refractivity (Wildman–Crippen MR) is 109 cm³/mol. The van der Waals surface area contributed by atoms with Crippen molar-refractivity contribution in [3.63, 3.8) is 0 Å². The Kier molecular flexibility index (Phi) is 4.90. The monoisotopic (exact) mass is 395 g/mol. The molecule has 1 amide bonds. The van der Waals surface area contributed by atoms with E-state index in [0.717, 1.165) is 52.6 Å². The Morgan fingerprint density at radius 3 is 2.79 bits per heavy atom. The van der Waals surface area contributed by atoms with Crippen molar-refractivity contribution in [2.45, 2.75) is 52.7 Å². The number of carbonyl (C=O) groups excluding carboxylic acids is 1. The van der Waals surface area contributed by atoms with Crippen molar-refractivity contribution in [2.75, 3.05) is 0 Å². The largest absolute Gasteiger partial charge is 0.480 e. The summed E-state index contributed by atoms with van der Waals surface area (Å²) in [5, 5.41) is 8.12. The number of amides is 1. The maximum Gasteiger partial charge on any atom is 0.339 e. The normalized spacial score (nSPS) is 14.1. The molecule has 1 unspecified atom stereocenters. The molecule has 0 saturated heterocycles. The highest BCUT2D eigenvalue weighted by molar-refractivity contribution is 5.86. The summed E-state index contributed by atoms with van der Waals surface area (Å²) in [5.74, 6) is 0.321. The number of nitrogens with zero attached hydrogens (tertiary/aromatic N) is 2. The molecule has 1 atom stereocenters. The summed E-state index contributed by atoms with van der Waals surface area (Å²) in [5.41, 5.74) is 4.75. The lowest BCUT2D eigenvalue weighted by Gasteiger charge is -2.17. The van der Waals surface area contributed by atoms with Gasteiger partial charge in [-0.2, -0.15) is 5.10 Å². The van der Waals surface area contributed by atoms with Crippen molar-refractivity contribution in [1.29, 1.82) is 0 Å². The van der Waals surface area contributed by atoms with Gasteiger partial charge in [-0.25, -0.2) is 4.79 Å². The summed E-state index contributed by atoms with van der Waals surface area (Å²) in [6.07, 6.45) is 3.84. The van der Waals surface area contributed by atoms with Crippen LogP contribution in [-0.2, 0) is 31.2 Å². The van der Waals surface area contributed by atoms with Gasteiger partial charge in [0.25, 0.3) is 5.91 Å². The molecule has 0 saturated carbocycles. The summed E-state index contributed by atoms with van der Waals surface area (Å²) in [6, 6.07) is 3.78. The van der Waals surface area contributed by atoms with Crippen LogP contribution in [0.1, 0.15) is 41.3 Å². The third-order valence-electron chi connectivity index (χ3n) is 5.58. The minimum absolute atomic E-state index is 0.219. The van der Waals surface area contributed by atoms with Gasteiger partial charge in [0.05, 0.1) is 5.69 Å². The molecule has 29 heavy (non-hydrogen) atoms. The first-order valence-corrected chi connectivity index (χ1v) is 9.86. The Hall–Kier alpha value is -3.09. The zero-order valence-corrected chi connectivity index (χ0v) is 17.2. The second kappa shape index (κ2) is 7.39. The molecular weight excluding hydrogens is 370 g/mol. The van der Waals surface area contributed by atoms with Crippen LogP contribution in [0.2, 0.25) is 0 Å². The van der Waals surface area contributed by atoms with Crippen molar-refractivity contribution >= 4 is 16.9 Å². The van der Waals surface area contributed by atoms with Crippen molar-refractivity contribution in [1.82, 2.24) is 15.1 Å². The number of benzene rings is 1. The molecule has 7 heteroatoms. The van der Waals surface area contributed by atoms with Crippen LogP contribution in [0.4, 0.5) is 0 Å². The lowest BCUT2D eigenvalue weighted by molar-refractivity contribution is -0.127. The summed E-state index contributed by atoms with van der Waals surface area (Å²) in [4.78, 5) is 24.8. The number of hydrogen-bond acceptors (Lipinski definition) is 5. The minimum atomic E-state index is -0.690. The molecule has 4 rings (SSSR count). The number of ether oxygens (including phenoxy) is 1. The van der Waals surface area contributed by atoms with Gasteiger partial charge in [-0.05, 0) is 57.7 Å². The van der Waals surface area contributed by atoms with Crippen LogP contribution < -0.4 is 15.7 Å². The molecule has 1 aliphatic rings. The highest BCUT2D eigenvalue weighted by Crippen LogP contribution is 2.33. The first kappa shape index (κ1) is 19.2. The van der Waals surface area contributed by atoms with E-state index >= 15 is 0 Å². The maximum absolute atomic E-state index is 12.5. The lowest BCUT2D eigenvalue weighted by atomic mass is 10.0. The fourth-order valence-electron chi connectivity index (χ4n) is 3.98. The highest BCUT2D eigenvalue weighted by Gasteiger charge is 2.22. The third kappa shape index (κ3) is 3.52. The van der Waals surface area contributed by atoms with Gasteiger partial charge < -0.3 is 14.5 Å². The van der Waals surface area contributed by atoms with E-state index in [-0.39, 0.29) is 11.5 Å². The van der Waals surface area contributed by atoms with Gasteiger partial charge in [-0.1, -0.05) is 0 Å². The van der Waals surface area contributed by atoms with E-state index in [0.29, 0.717) is 17.9 Å². The lowest BCUT2D eigenvalue weighted by Crippen LogP contribution is -2.36. The molecule has 1 N–H and O–H groups in total. The Labute approximate surface area is 168 Å². The molecular formula is C22H25N3O4. The summed E-state index contributed by atoms with van der Waals surface area (Å²) < 4.78 is 13.2. The molecule has 3 aromatic rings. The molecule has 0 radical (unpaired) electrons. The zero-order valence-electron chi connectivity index (χ0n) is 17.2. The fraction of sp³-hybridized carbons (Fsp3) is 0.409. The quantitative estimate of drug-likeness (QED) is 0.672. The average molecular weight is 395 g/mol. The first-order valence-electron chi connectivity index (χ1n) is 9.86. The Morgan fingerprint density at radius 2 is 2.07 bits per heavy atom.